The zero-order chi connectivity index (χ0) is 26.1. The van der Waals surface area contributed by atoms with Crippen LogP contribution in [-0.2, 0) is 11.3 Å². The van der Waals surface area contributed by atoms with Crippen molar-refractivity contribution in [1.82, 2.24) is 15.1 Å². The van der Waals surface area contributed by atoms with Gasteiger partial charge in [-0.3, -0.25) is 14.9 Å². The maximum atomic E-state index is 13.7. The molecule has 1 atom stereocenters. The van der Waals surface area contributed by atoms with E-state index in [4.69, 9.17) is 0 Å². The zero-order valence-electron chi connectivity index (χ0n) is 21.7. The largest absolute Gasteiger partial charge is 0.338 e. The predicted octanol–water partition coefficient (Wildman–Crippen LogP) is 5.68. The van der Waals surface area contributed by atoms with Crippen LogP contribution in [0.5, 0.6) is 0 Å². The van der Waals surface area contributed by atoms with Crippen molar-refractivity contribution in [1.29, 1.82) is 0 Å². The second kappa shape index (κ2) is 10.4. The minimum Gasteiger partial charge on any atom is -0.338 e. The van der Waals surface area contributed by atoms with Crippen LogP contribution < -0.4 is 5.32 Å². The molecule has 2 aliphatic rings. The Morgan fingerprint density at radius 1 is 0.895 bits per heavy atom. The molecule has 0 radical (unpaired) electrons. The highest BCUT2D eigenvalue weighted by atomic mass is 32.2. The summed E-state index contributed by atoms with van der Waals surface area (Å²) in [5, 5.41) is 8.35. The second-order valence-corrected chi connectivity index (χ2v) is 11.5. The molecule has 1 N–H and O–H groups in total. The lowest BCUT2D eigenvalue weighted by molar-refractivity contribution is -0.134. The summed E-state index contributed by atoms with van der Waals surface area (Å²) in [5.41, 5.74) is 1.44. The molecule has 2 amide bonds. The highest BCUT2D eigenvalue weighted by molar-refractivity contribution is 7.98. The summed E-state index contributed by atoms with van der Waals surface area (Å²) in [7, 11) is 0. The average molecular weight is 524 g/mol. The van der Waals surface area contributed by atoms with Gasteiger partial charge in [0, 0.05) is 38.0 Å². The fraction of sp³-hybridized carbons (Fsp3) is 0.312. The summed E-state index contributed by atoms with van der Waals surface area (Å²) in [4.78, 5) is 31.1. The van der Waals surface area contributed by atoms with Gasteiger partial charge in [-0.15, -0.1) is 0 Å². The number of nitrogens with one attached hydrogen (secondary N) is 1. The Bertz CT molecular complexity index is 1490. The minimum absolute atomic E-state index is 0.0648. The first kappa shape index (κ1) is 25.0. The molecule has 6 heteroatoms. The molecule has 38 heavy (non-hydrogen) atoms. The Labute approximate surface area is 228 Å². The maximum absolute atomic E-state index is 13.7. The number of nitrogens with zero attached hydrogens (tertiary/aromatic N) is 2. The van der Waals surface area contributed by atoms with E-state index in [1.807, 2.05) is 47.4 Å². The zero-order valence-corrected chi connectivity index (χ0v) is 22.5. The van der Waals surface area contributed by atoms with Gasteiger partial charge in [-0.25, -0.2) is 0 Å². The van der Waals surface area contributed by atoms with Gasteiger partial charge in [-0.1, -0.05) is 66.7 Å². The van der Waals surface area contributed by atoms with E-state index in [1.54, 1.807) is 11.8 Å². The topological polar surface area (TPSA) is 52.7 Å². The molecule has 2 heterocycles. The molecule has 0 aliphatic carbocycles. The molecule has 5 nitrogen and oxygen atoms in total. The maximum Gasteiger partial charge on any atom is 0.253 e. The van der Waals surface area contributed by atoms with Crippen LogP contribution in [0.15, 0.2) is 84.9 Å². The number of amides is 2. The monoisotopic (exact) mass is 523 g/mol. The van der Waals surface area contributed by atoms with Crippen molar-refractivity contribution in [3.63, 3.8) is 0 Å². The molecule has 1 unspecified atom stereocenters. The van der Waals surface area contributed by atoms with Crippen molar-refractivity contribution < 1.29 is 9.59 Å². The number of thioether (sulfide) groups is 1. The van der Waals surface area contributed by atoms with Crippen molar-refractivity contribution in [3.05, 3.63) is 96.1 Å². The molecule has 1 spiro atoms. The van der Waals surface area contributed by atoms with E-state index in [-0.39, 0.29) is 17.9 Å². The fourth-order valence-electron chi connectivity index (χ4n) is 6.04. The summed E-state index contributed by atoms with van der Waals surface area (Å²) in [5.74, 6) is 1.19. The minimum atomic E-state index is -0.425. The van der Waals surface area contributed by atoms with Crippen molar-refractivity contribution in [3.8, 4) is 0 Å². The Morgan fingerprint density at radius 3 is 2.21 bits per heavy atom. The number of carbonyl (C=O) groups excluding carboxylic acids is 2. The van der Waals surface area contributed by atoms with E-state index < -0.39 is 5.66 Å². The third kappa shape index (κ3) is 4.67. The molecule has 2 aliphatic heterocycles. The summed E-state index contributed by atoms with van der Waals surface area (Å²) in [6, 6.07) is 28.7. The standard InChI is InChI=1S/C32H33N3O2S/c1-38-19-14-29-31(37)35(22-23-10-11-24-6-2-4-8-26(24)20-23)32(33-29)15-17-34(18-16-32)30(36)28-13-12-25-7-3-5-9-27(25)21-28/h2-13,20-21,29,33H,14-19,22H2,1H3. The van der Waals surface area contributed by atoms with Crippen LogP contribution in [0.1, 0.15) is 35.2 Å². The molecule has 194 valence electrons. The Morgan fingerprint density at radius 2 is 1.53 bits per heavy atom. The third-order valence-corrected chi connectivity index (χ3v) is 8.81. The number of benzene rings is 4. The fourth-order valence-corrected chi connectivity index (χ4v) is 6.51. The van der Waals surface area contributed by atoms with E-state index in [1.165, 1.54) is 10.8 Å². The quantitative estimate of drug-likeness (QED) is 0.353. The van der Waals surface area contributed by atoms with Gasteiger partial charge in [-0.2, -0.15) is 11.8 Å². The number of likely N-dealkylation sites (tertiary alicyclic amines) is 1. The number of rotatable bonds is 6. The summed E-state index contributed by atoms with van der Waals surface area (Å²) in [6.45, 7) is 1.82. The summed E-state index contributed by atoms with van der Waals surface area (Å²) >= 11 is 1.77. The van der Waals surface area contributed by atoms with Gasteiger partial charge in [0.15, 0.2) is 0 Å². The number of fused-ring (bicyclic) bond motifs is 2. The number of hydrogen-bond donors (Lipinski definition) is 1. The number of carbonyl (C=O) groups is 2. The first-order valence-corrected chi connectivity index (χ1v) is 14.8. The van der Waals surface area contributed by atoms with E-state index in [0.29, 0.717) is 19.6 Å². The van der Waals surface area contributed by atoms with Crippen LogP contribution in [0.25, 0.3) is 21.5 Å². The molecule has 0 bridgehead atoms. The highest BCUT2D eigenvalue weighted by Gasteiger charge is 2.51. The van der Waals surface area contributed by atoms with Crippen molar-refractivity contribution >= 4 is 45.1 Å². The van der Waals surface area contributed by atoms with E-state index in [0.717, 1.165) is 46.9 Å². The van der Waals surface area contributed by atoms with Gasteiger partial charge in [-0.05, 0) is 63.7 Å². The Balaban J connectivity index is 1.22. The van der Waals surface area contributed by atoms with Crippen LogP contribution in [0.3, 0.4) is 0 Å². The van der Waals surface area contributed by atoms with E-state index in [9.17, 15) is 9.59 Å². The summed E-state index contributed by atoms with van der Waals surface area (Å²) < 4.78 is 0. The Kier molecular flexibility index (Phi) is 6.85. The van der Waals surface area contributed by atoms with Crippen LogP contribution in [0.2, 0.25) is 0 Å². The van der Waals surface area contributed by atoms with Crippen molar-refractivity contribution in [2.75, 3.05) is 25.1 Å². The Hall–Kier alpha value is -3.35. The van der Waals surface area contributed by atoms with Crippen LogP contribution >= 0.6 is 11.8 Å². The smallest absolute Gasteiger partial charge is 0.253 e. The second-order valence-electron chi connectivity index (χ2n) is 10.5. The molecule has 0 aromatic heterocycles. The summed E-state index contributed by atoms with van der Waals surface area (Å²) in [6.07, 6.45) is 4.34. The normalized spacial score (nSPS) is 19.1. The van der Waals surface area contributed by atoms with Gasteiger partial charge >= 0.3 is 0 Å². The lowest BCUT2D eigenvalue weighted by atomic mass is 9.94. The van der Waals surface area contributed by atoms with Crippen LogP contribution in [0, 0.1) is 0 Å². The molecule has 4 aromatic rings. The van der Waals surface area contributed by atoms with Gasteiger partial charge in [0.25, 0.3) is 5.91 Å². The van der Waals surface area contributed by atoms with Gasteiger partial charge < -0.3 is 9.80 Å². The third-order valence-electron chi connectivity index (χ3n) is 8.16. The van der Waals surface area contributed by atoms with E-state index >= 15 is 0 Å². The van der Waals surface area contributed by atoms with Crippen LogP contribution in [-0.4, -0.2) is 58.4 Å². The molecule has 6 rings (SSSR count). The molecule has 2 fully saturated rings. The number of hydrogen-bond acceptors (Lipinski definition) is 4. The van der Waals surface area contributed by atoms with Crippen LogP contribution in [0.4, 0.5) is 0 Å². The van der Waals surface area contributed by atoms with E-state index in [2.05, 4.69) is 58.9 Å². The molecular formula is C32H33N3O2S. The first-order chi connectivity index (χ1) is 18.6. The SMILES string of the molecule is CSCCC1NC2(CCN(C(=O)c3ccc4ccccc4c3)CC2)N(Cc2ccc3ccccc3c2)C1=O. The predicted molar refractivity (Wildman–Crippen MR) is 156 cm³/mol. The van der Waals surface area contributed by atoms with Crippen molar-refractivity contribution in [2.45, 2.75) is 37.5 Å². The van der Waals surface area contributed by atoms with Gasteiger partial charge in [0.05, 0.1) is 11.7 Å². The van der Waals surface area contributed by atoms with Crippen molar-refractivity contribution in [2.24, 2.45) is 0 Å². The number of piperidine rings is 1. The van der Waals surface area contributed by atoms with Gasteiger partial charge in [0.2, 0.25) is 5.91 Å². The van der Waals surface area contributed by atoms with Gasteiger partial charge in [0.1, 0.15) is 0 Å². The average Bonchev–Trinajstić information content (AvgIpc) is 3.21. The first-order valence-electron chi connectivity index (χ1n) is 13.4. The lowest BCUT2D eigenvalue weighted by Gasteiger charge is -2.44. The molecular weight excluding hydrogens is 490 g/mol. The molecule has 0 saturated carbocycles. The lowest BCUT2D eigenvalue weighted by Crippen LogP contribution is -2.59. The highest BCUT2D eigenvalue weighted by Crippen LogP contribution is 2.35. The molecule has 4 aromatic carbocycles. The molecule has 2 saturated heterocycles.